The normalized spacial score (nSPS) is 18.4. The summed E-state index contributed by atoms with van der Waals surface area (Å²) in [5.74, 6) is 0.569. The lowest BCUT2D eigenvalue weighted by Crippen LogP contribution is -2.42. The van der Waals surface area contributed by atoms with E-state index in [0.29, 0.717) is 31.9 Å². The van der Waals surface area contributed by atoms with Gasteiger partial charge in [-0.1, -0.05) is 0 Å². The molecule has 5 N–H and O–H groups in total. The number of carbonyl (C=O) groups excluding carboxylic acids is 2. The van der Waals surface area contributed by atoms with Crippen LogP contribution in [0.25, 0.3) is 0 Å². The number of H-pyrrole nitrogens is 1. The van der Waals surface area contributed by atoms with Crippen molar-refractivity contribution in [2.75, 3.05) is 18.8 Å². The Labute approximate surface area is 160 Å². The molecule has 1 aliphatic carbocycles. The van der Waals surface area contributed by atoms with Gasteiger partial charge >= 0.3 is 0 Å². The number of nitrogens with zero attached hydrogens (tertiary/aromatic N) is 1. The number of nitrogen functional groups attached to an aromatic ring is 1. The maximum absolute atomic E-state index is 12.2. The number of rotatable bonds is 6. The molecule has 2 atom stereocenters. The Morgan fingerprint density at radius 1 is 1.04 bits per heavy atom. The highest BCUT2D eigenvalue weighted by Gasteiger charge is 2.31. The van der Waals surface area contributed by atoms with Gasteiger partial charge in [0.25, 0.3) is 11.8 Å². The van der Waals surface area contributed by atoms with Gasteiger partial charge in [0.05, 0.1) is 18.2 Å². The quantitative estimate of drug-likeness (QED) is 0.507. The summed E-state index contributed by atoms with van der Waals surface area (Å²) in [7, 11) is 0. The van der Waals surface area contributed by atoms with Crippen LogP contribution in [0.2, 0.25) is 0 Å². The highest BCUT2D eigenvalue weighted by Crippen LogP contribution is 2.29. The summed E-state index contributed by atoms with van der Waals surface area (Å²) in [6.45, 7) is 0.881. The first kappa shape index (κ1) is 17.9. The van der Waals surface area contributed by atoms with Gasteiger partial charge in [0.15, 0.2) is 17.5 Å². The third-order valence-electron chi connectivity index (χ3n) is 5.01. The third kappa shape index (κ3) is 3.78. The monoisotopic (exact) mass is 383 g/mol. The molecule has 2 amide bonds. The predicted molar refractivity (Wildman–Crippen MR) is 99.5 cm³/mol. The molecular formula is C19H21N5O4. The Morgan fingerprint density at radius 3 is 2.14 bits per heavy atom. The van der Waals surface area contributed by atoms with E-state index in [-0.39, 0.29) is 35.2 Å². The van der Waals surface area contributed by atoms with Gasteiger partial charge in [-0.3, -0.25) is 9.59 Å². The first-order valence-corrected chi connectivity index (χ1v) is 9.07. The molecule has 0 bridgehead atoms. The van der Waals surface area contributed by atoms with Crippen molar-refractivity contribution in [1.82, 2.24) is 20.6 Å². The van der Waals surface area contributed by atoms with E-state index >= 15 is 0 Å². The molecule has 28 heavy (non-hydrogen) atoms. The molecule has 0 aliphatic heterocycles. The van der Waals surface area contributed by atoms with Gasteiger partial charge in [0, 0.05) is 18.8 Å². The number of anilines is 1. The Kier molecular flexibility index (Phi) is 4.88. The molecule has 0 saturated carbocycles. The zero-order valence-electron chi connectivity index (χ0n) is 15.1. The number of hydrogen-bond acceptors (Lipinski definition) is 6. The summed E-state index contributed by atoms with van der Waals surface area (Å²) in [5.41, 5.74) is 7.67. The van der Waals surface area contributed by atoms with Crippen molar-refractivity contribution in [3.05, 3.63) is 59.7 Å². The van der Waals surface area contributed by atoms with E-state index < -0.39 is 0 Å². The maximum atomic E-state index is 12.2. The number of carbonyl (C=O) groups is 2. The lowest BCUT2D eigenvalue weighted by Gasteiger charge is -2.31. The van der Waals surface area contributed by atoms with Crippen LogP contribution in [0.5, 0.6) is 0 Å². The summed E-state index contributed by atoms with van der Waals surface area (Å²) in [4.78, 5) is 31.8. The zero-order chi connectivity index (χ0) is 19.5. The molecule has 146 valence electrons. The number of aromatic amines is 1. The van der Waals surface area contributed by atoms with E-state index in [2.05, 4.69) is 20.6 Å². The fraction of sp³-hybridized carbons (Fsp3) is 0.316. The molecule has 0 aromatic carbocycles. The standard InChI is InChI=1S/C19H21N5O4/c20-19-23-13-7-11(9-21-17(25)15-3-1-5-27-15)12(8-14(13)24-19)10-22-18(26)16-4-2-6-28-16/h1-6,11-12H,7-10H2,(H,21,25)(H,22,26)(H3,20,23,24). The lowest BCUT2D eigenvalue weighted by molar-refractivity contribution is 0.0888. The largest absolute Gasteiger partial charge is 0.459 e. The van der Waals surface area contributed by atoms with E-state index in [9.17, 15) is 9.59 Å². The number of furan rings is 2. The van der Waals surface area contributed by atoms with Gasteiger partial charge in [-0.15, -0.1) is 0 Å². The average molecular weight is 383 g/mol. The Bertz CT molecular complexity index is 870. The zero-order valence-corrected chi connectivity index (χ0v) is 15.1. The second-order valence-corrected chi connectivity index (χ2v) is 6.85. The summed E-state index contributed by atoms with van der Waals surface area (Å²) in [6.07, 6.45) is 4.26. The van der Waals surface area contributed by atoms with E-state index in [1.165, 1.54) is 12.5 Å². The number of aromatic nitrogens is 2. The number of nitrogens with two attached hydrogens (primary N) is 1. The lowest BCUT2D eigenvalue weighted by atomic mass is 9.79. The highest BCUT2D eigenvalue weighted by molar-refractivity contribution is 5.91. The van der Waals surface area contributed by atoms with E-state index in [4.69, 9.17) is 14.6 Å². The van der Waals surface area contributed by atoms with Gasteiger partial charge < -0.3 is 30.2 Å². The number of imidazole rings is 1. The molecule has 0 spiro atoms. The SMILES string of the molecule is Nc1nc2c([nH]1)CC(CNC(=O)c1ccco1)C(CNC(=O)c1ccco1)C2. The van der Waals surface area contributed by atoms with Gasteiger partial charge in [0.2, 0.25) is 0 Å². The molecule has 0 radical (unpaired) electrons. The van der Waals surface area contributed by atoms with E-state index in [0.717, 1.165) is 11.4 Å². The number of fused-ring (bicyclic) bond motifs is 1. The van der Waals surface area contributed by atoms with Gasteiger partial charge in [-0.2, -0.15) is 0 Å². The van der Waals surface area contributed by atoms with Crippen LogP contribution in [0.3, 0.4) is 0 Å². The number of nitrogens with one attached hydrogen (secondary N) is 3. The van der Waals surface area contributed by atoms with Crippen molar-refractivity contribution in [3.8, 4) is 0 Å². The van der Waals surface area contributed by atoms with Gasteiger partial charge in [-0.25, -0.2) is 4.98 Å². The smallest absolute Gasteiger partial charge is 0.286 e. The van der Waals surface area contributed by atoms with Gasteiger partial charge in [0.1, 0.15) is 0 Å². The van der Waals surface area contributed by atoms with Crippen LogP contribution in [-0.2, 0) is 12.8 Å². The average Bonchev–Trinajstić information content (AvgIpc) is 3.44. The summed E-state index contributed by atoms with van der Waals surface area (Å²) in [5, 5.41) is 5.81. The Morgan fingerprint density at radius 2 is 1.61 bits per heavy atom. The Hall–Kier alpha value is -3.49. The molecule has 2 unspecified atom stereocenters. The molecule has 9 heteroatoms. The first-order valence-electron chi connectivity index (χ1n) is 9.07. The molecule has 3 aromatic heterocycles. The minimum absolute atomic E-state index is 0.0889. The summed E-state index contributed by atoms with van der Waals surface area (Å²) >= 11 is 0. The highest BCUT2D eigenvalue weighted by atomic mass is 16.3. The Balaban J connectivity index is 1.43. The van der Waals surface area contributed by atoms with Crippen LogP contribution >= 0.6 is 0 Å². The summed E-state index contributed by atoms with van der Waals surface area (Å²) < 4.78 is 10.3. The molecule has 3 heterocycles. The van der Waals surface area contributed by atoms with Crippen LogP contribution in [0.15, 0.2) is 45.6 Å². The molecule has 1 aliphatic rings. The van der Waals surface area contributed by atoms with Crippen molar-refractivity contribution in [3.63, 3.8) is 0 Å². The molecule has 9 nitrogen and oxygen atoms in total. The third-order valence-corrected chi connectivity index (χ3v) is 5.01. The van der Waals surface area contributed by atoms with Crippen LogP contribution in [-0.4, -0.2) is 34.9 Å². The minimum atomic E-state index is -0.268. The second kappa shape index (κ2) is 7.63. The van der Waals surface area contributed by atoms with Crippen LogP contribution < -0.4 is 16.4 Å². The fourth-order valence-electron chi connectivity index (χ4n) is 3.56. The second-order valence-electron chi connectivity index (χ2n) is 6.85. The first-order chi connectivity index (χ1) is 13.6. The predicted octanol–water partition coefficient (Wildman–Crippen LogP) is 1.37. The van der Waals surface area contributed by atoms with Gasteiger partial charge in [-0.05, 0) is 48.9 Å². The fourth-order valence-corrected chi connectivity index (χ4v) is 3.56. The molecule has 3 aromatic rings. The van der Waals surface area contributed by atoms with Crippen molar-refractivity contribution < 1.29 is 18.4 Å². The van der Waals surface area contributed by atoms with Crippen molar-refractivity contribution in [2.24, 2.45) is 11.8 Å². The van der Waals surface area contributed by atoms with E-state index in [1.807, 2.05) is 0 Å². The molecule has 0 saturated heterocycles. The number of amides is 2. The van der Waals surface area contributed by atoms with Crippen molar-refractivity contribution in [1.29, 1.82) is 0 Å². The van der Waals surface area contributed by atoms with Crippen LogP contribution in [0, 0.1) is 11.8 Å². The number of hydrogen-bond donors (Lipinski definition) is 4. The molecular weight excluding hydrogens is 362 g/mol. The molecule has 0 fully saturated rings. The topological polar surface area (TPSA) is 139 Å². The van der Waals surface area contributed by atoms with Crippen LogP contribution in [0.1, 0.15) is 32.5 Å². The molecule has 4 rings (SSSR count). The summed E-state index contributed by atoms with van der Waals surface area (Å²) in [6, 6.07) is 6.57. The van der Waals surface area contributed by atoms with E-state index in [1.54, 1.807) is 24.3 Å². The maximum Gasteiger partial charge on any atom is 0.286 e. The van der Waals surface area contributed by atoms with Crippen molar-refractivity contribution in [2.45, 2.75) is 12.8 Å². The van der Waals surface area contributed by atoms with Crippen molar-refractivity contribution >= 4 is 17.8 Å². The van der Waals surface area contributed by atoms with Crippen LogP contribution in [0.4, 0.5) is 5.95 Å². The minimum Gasteiger partial charge on any atom is -0.459 e.